The Hall–Kier alpha value is -2.82. The second-order valence-corrected chi connectivity index (χ2v) is 6.54. The number of methoxy groups -OCH3 is 2. The zero-order valence-electron chi connectivity index (χ0n) is 13.3. The average Bonchev–Trinajstić information content (AvgIpc) is 2.91. The first kappa shape index (κ1) is 17.5. The minimum atomic E-state index is -3.45. The number of amides is 1. The molecule has 1 heterocycles. The number of ether oxygens (including phenoxy) is 2. The van der Waals surface area contributed by atoms with Gasteiger partial charge in [-0.1, -0.05) is 5.21 Å². The summed E-state index contributed by atoms with van der Waals surface area (Å²) in [4.78, 5) is 12.1. The topological polar surface area (TPSA) is 124 Å². The van der Waals surface area contributed by atoms with Gasteiger partial charge in [0.2, 0.25) is 15.9 Å². The molecule has 0 aliphatic heterocycles. The molecule has 0 fully saturated rings. The molecular weight excluding hydrogens is 338 g/mol. The number of anilines is 2. The lowest BCUT2D eigenvalue weighted by Gasteiger charge is -2.11. The summed E-state index contributed by atoms with van der Waals surface area (Å²) in [5.74, 6) is 0.676. The number of sulfonamides is 1. The standard InChI is InChI=1S/C13H17N5O5S/c1-22-9-4-5-11(23-2)10(6-9)14-13(19)8-18-7-12(15-17-18)16-24(3,20)21/h4-7,16H,8H2,1-3H3,(H,14,19). The lowest BCUT2D eigenvalue weighted by molar-refractivity contribution is -0.116. The molecule has 0 aliphatic rings. The second kappa shape index (κ2) is 7.17. The van der Waals surface area contributed by atoms with E-state index in [0.717, 1.165) is 6.26 Å². The number of nitrogens with one attached hydrogen (secondary N) is 2. The lowest BCUT2D eigenvalue weighted by Crippen LogP contribution is -2.19. The fraction of sp³-hybridized carbons (Fsp3) is 0.308. The maximum absolute atomic E-state index is 12.1. The highest BCUT2D eigenvalue weighted by Gasteiger charge is 2.12. The largest absolute Gasteiger partial charge is 0.497 e. The molecule has 1 aromatic carbocycles. The SMILES string of the molecule is COc1ccc(OC)c(NC(=O)Cn2cc(NS(C)(=O)=O)nn2)c1. The van der Waals surface area contributed by atoms with Crippen molar-refractivity contribution in [2.24, 2.45) is 0 Å². The van der Waals surface area contributed by atoms with Crippen molar-refractivity contribution in [2.75, 3.05) is 30.5 Å². The number of rotatable bonds is 7. The number of hydrogen-bond donors (Lipinski definition) is 2. The lowest BCUT2D eigenvalue weighted by atomic mass is 10.2. The Balaban J connectivity index is 2.06. The zero-order chi connectivity index (χ0) is 17.7. The molecule has 0 saturated heterocycles. The van der Waals surface area contributed by atoms with Crippen LogP contribution in [0, 0.1) is 0 Å². The molecule has 130 valence electrons. The molecule has 0 atom stereocenters. The molecule has 1 aromatic heterocycles. The van der Waals surface area contributed by atoms with Crippen molar-refractivity contribution in [3.63, 3.8) is 0 Å². The number of carbonyl (C=O) groups excluding carboxylic acids is 1. The quantitative estimate of drug-likeness (QED) is 0.732. The minimum Gasteiger partial charge on any atom is -0.497 e. The number of carbonyl (C=O) groups is 1. The van der Waals surface area contributed by atoms with E-state index < -0.39 is 15.9 Å². The first-order valence-corrected chi connectivity index (χ1v) is 8.59. The Morgan fingerprint density at radius 2 is 2.04 bits per heavy atom. The van der Waals surface area contributed by atoms with Crippen molar-refractivity contribution in [3.8, 4) is 11.5 Å². The van der Waals surface area contributed by atoms with E-state index in [1.165, 1.54) is 25.1 Å². The summed E-state index contributed by atoms with van der Waals surface area (Å²) >= 11 is 0. The van der Waals surface area contributed by atoms with Gasteiger partial charge in [-0.3, -0.25) is 9.52 Å². The second-order valence-electron chi connectivity index (χ2n) is 4.79. The van der Waals surface area contributed by atoms with E-state index in [4.69, 9.17) is 9.47 Å². The summed E-state index contributed by atoms with van der Waals surface area (Å²) in [5, 5.41) is 9.97. The molecule has 0 saturated carbocycles. The van der Waals surface area contributed by atoms with Gasteiger partial charge in [0, 0.05) is 6.07 Å². The maximum atomic E-state index is 12.1. The summed E-state index contributed by atoms with van der Waals surface area (Å²) in [5.41, 5.74) is 0.441. The van der Waals surface area contributed by atoms with Gasteiger partial charge in [0.15, 0.2) is 5.82 Å². The number of hydrogen-bond acceptors (Lipinski definition) is 7. The molecule has 0 radical (unpaired) electrons. The summed E-state index contributed by atoms with van der Waals surface area (Å²) in [6, 6.07) is 4.99. The highest BCUT2D eigenvalue weighted by atomic mass is 32.2. The summed E-state index contributed by atoms with van der Waals surface area (Å²) in [7, 11) is -0.457. The van der Waals surface area contributed by atoms with Gasteiger partial charge < -0.3 is 14.8 Å². The van der Waals surface area contributed by atoms with Crippen LogP contribution in [0.4, 0.5) is 11.5 Å². The van der Waals surface area contributed by atoms with Crippen molar-refractivity contribution in [1.29, 1.82) is 0 Å². The summed E-state index contributed by atoms with van der Waals surface area (Å²) in [6.07, 6.45) is 2.30. The third-order valence-electron chi connectivity index (χ3n) is 2.81. The smallest absolute Gasteiger partial charge is 0.246 e. The van der Waals surface area contributed by atoms with Gasteiger partial charge >= 0.3 is 0 Å². The van der Waals surface area contributed by atoms with Crippen molar-refractivity contribution in [1.82, 2.24) is 15.0 Å². The average molecular weight is 355 g/mol. The van der Waals surface area contributed by atoms with Gasteiger partial charge in [-0.2, -0.15) is 0 Å². The molecule has 0 aliphatic carbocycles. The molecule has 24 heavy (non-hydrogen) atoms. The van der Waals surface area contributed by atoms with Crippen molar-refractivity contribution >= 4 is 27.4 Å². The van der Waals surface area contributed by atoms with Crippen molar-refractivity contribution in [3.05, 3.63) is 24.4 Å². The predicted octanol–water partition coefficient (Wildman–Crippen LogP) is 0.305. The van der Waals surface area contributed by atoms with Crippen LogP contribution in [-0.2, 0) is 21.4 Å². The Bertz CT molecular complexity index is 833. The van der Waals surface area contributed by atoms with E-state index in [2.05, 4.69) is 20.4 Å². The van der Waals surface area contributed by atoms with Crippen LogP contribution in [0.3, 0.4) is 0 Å². The Kier molecular flexibility index (Phi) is 5.24. The molecule has 2 N–H and O–H groups in total. The highest BCUT2D eigenvalue weighted by molar-refractivity contribution is 7.92. The van der Waals surface area contributed by atoms with Crippen LogP contribution in [0.1, 0.15) is 0 Å². The number of nitrogens with zero attached hydrogens (tertiary/aromatic N) is 3. The monoisotopic (exact) mass is 355 g/mol. The first-order valence-electron chi connectivity index (χ1n) is 6.70. The maximum Gasteiger partial charge on any atom is 0.246 e. The van der Waals surface area contributed by atoms with E-state index >= 15 is 0 Å². The summed E-state index contributed by atoms with van der Waals surface area (Å²) < 4.78 is 35.9. The highest BCUT2D eigenvalue weighted by Crippen LogP contribution is 2.28. The van der Waals surface area contributed by atoms with Crippen LogP contribution in [0.15, 0.2) is 24.4 Å². The predicted molar refractivity (Wildman–Crippen MR) is 86.7 cm³/mol. The Morgan fingerprint density at radius 3 is 2.67 bits per heavy atom. The Labute approximate surface area is 138 Å². The van der Waals surface area contributed by atoms with Crippen molar-refractivity contribution in [2.45, 2.75) is 6.54 Å². The fourth-order valence-electron chi connectivity index (χ4n) is 1.86. The van der Waals surface area contributed by atoms with E-state index in [1.807, 2.05) is 0 Å². The molecule has 0 spiro atoms. The van der Waals surface area contributed by atoms with Crippen LogP contribution in [0.2, 0.25) is 0 Å². The fourth-order valence-corrected chi connectivity index (χ4v) is 2.33. The Morgan fingerprint density at radius 1 is 1.29 bits per heavy atom. The van der Waals surface area contributed by atoms with E-state index in [9.17, 15) is 13.2 Å². The van der Waals surface area contributed by atoms with Crippen LogP contribution >= 0.6 is 0 Å². The van der Waals surface area contributed by atoms with Gasteiger partial charge in [-0.25, -0.2) is 13.1 Å². The van der Waals surface area contributed by atoms with Crippen LogP contribution in [-0.4, -0.2) is 49.8 Å². The summed E-state index contributed by atoms with van der Waals surface area (Å²) in [6.45, 7) is -0.154. The van der Waals surface area contributed by atoms with Crippen LogP contribution in [0.25, 0.3) is 0 Å². The van der Waals surface area contributed by atoms with Gasteiger partial charge in [0.1, 0.15) is 18.0 Å². The third-order valence-corrected chi connectivity index (χ3v) is 3.39. The molecule has 2 rings (SSSR count). The first-order chi connectivity index (χ1) is 11.3. The van der Waals surface area contributed by atoms with Gasteiger partial charge in [0.05, 0.1) is 32.4 Å². The molecule has 0 unspecified atom stereocenters. The number of benzene rings is 1. The van der Waals surface area contributed by atoms with E-state index in [1.54, 1.807) is 18.2 Å². The van der Waals surface area contributed by atoms with Crippen LogP contribution < -0.4 is 19.5 Å². The van der Waals surface area contributed by atoms with Gasteiger partial charge in [0.25, 0.3) is 0 Å². The molecule has 10 nitrogen and oxygen atoms in total. The third kappa shape index (κ3) is 4.84. The van der Waals surface area contributed by atoms with Gasteiger partial charge in [-0.15, -0.1) is 5.10 Å². The number of aromatic nitrogens is 3. The zero-order valence-corrected chi connectivity index (χ0v) is 14.1. The molecule has 1 amide bonds. The molecular formula is C13H17N5O5S. The van der Waals surface area contributed by atoms with Crippen molar-refractivity contribution < 1.29 is 22.7 Å². The normalized spacial score (nSPS) is 11.0. The molecule has 2 aromatic rings. The molecule has 0 bridgehead atoms. The molecule has 11 heteroatoms. The van der Waals surface area contributed by atoms with Crippen LogP contribution in [0.5, 0.6) is 11.5 Å². The van der Waals surface area contributed by atoms with E-state index in [-0.39, 0.29) is 12.4 Å². The van der Waals surface area contributed by atoms with E-state index in [0.29, 0.717) is 17.2 Å². The minimum absolute atomic E-state index is 0.0317. The van der Waals surface area contributed by atoms with Gasteiger partial charge in [-0.05, 0) is 12.1 Å².